The third kappa shape index (κ3) is 9.69. The van der Waals surface area contributed by atoms with Gasteiger partial charge >= 0.3 is 0 Å². The number of methoxy groups -OCH3 is 1. The van der Waals surface area contributed by atoms with Gasteiger partial charge in [-0.15, -0.1) is 0 Å². The van der Waals surface area contributed by atoms with Gasteiger partial charge in [0.1, 0.15) is 11.4 Å². The number of benzene rings is 2. The molecule has 1 heterocycles. The number of halogens is 2. The Hall–Kier alpha value is -3.20. The molecule has 0 aliphatic heterocycles. The van der Waals surface area contributed by atoms with Crippen LogP contribution in [0.4, 0.5) is 4.39 Å². The number of aromatic nitrogens is 1. The highest BCUT2D eigenvalue weighted by Crippen LogP contribution is 2.32. The minimum Gasteiger partial charge on any atom is -0.493 e. The van der Waals surface area contributed by atoms with Crippen LogP contribution in [0.3, 0.4) is 0 Å². The number of hydrogen-bond donors (Lipinski definition) is 3. The van der Waals surface area contributed by atoms with Gasteiger partial charge in [0.25, 0.3) is 5.91 Å². The third-order valence-corrected chi connectivity index (χ3v) is 6.33. The van der Waals surface area contributed by atoms with E-state index in [0.29, 0.717) is 47.0 Å². The second kappa shape index (κ2) is 15.1. The fourth-order valence-corrected chi connectivity index (χ4v) is 3.84. The van der Waals surface area contributed by atoms with Crippen molar-refractivity contribution >= 4 is 17.5 Å². The molecule has 0 saturated heterocycles. The Kier molecular flexibility index (Phi) is 12.6. The van der Waals surface area contributed by atoms with Gasteiger partial charge in [-0.3, -0.25) is 4.79 Å². The topological polar surface area (TPSA) is 101 Å². The molecular weight excluding hydrogens is 547 g/mol. The van der Waals surface area contributed by atoms with Crippen molar-refractivity contribution in [1.29, 1.82) is 0 Å². The lowest BCUT2D eigenvalue weighted by Crippen LogP contribution is -2.39. The summed E-state index contributed by atoms with van der Waals surface area (Å²) in [5.41, 5.74) is 0.932. The quantitative estimate of drug-likeness (QED) is 0.229. The Bertz CT molecular complexity index is 1310. The SMILES string of the molecule is CCC.COc1cc(C(=O)NCC(C)(O)c2cc(C(C)(C)C)cc(-c3ccc(F)c(Cl)c3)n2)ccc1OCCCO. The van der Waals surface area contributed by atoms with E-state index in [9.17, 15) is 14.3 Å². The molecule has 0 fully saturated rings. The summed E-state index contributed by atoms with van der Waals surface area (Å²) in [6, 6.07) is 12.8. The summed E-state index contributed by atoms with van der Waals surface area (Å²) < 4.78 is 24.7. The van der Waals surface area contributed by atoms with Crippen LogP contribution in [0.25, 0.3) is 11.3 Å². The number of carbonyl (C=O) groups excluding carboxylic acids is 1. The summed E-state index contributed by atoms with van der Waals surface area (Å²) in [6.07, 6.45) is 1.72. The number of nitrogens with zero attached hydrogens (tertiary/aromatic N) is 1. The molecule has 1 unspecified atom stereocenters. The molecule has 3 rings (SSSR count). The number of hydrogen-bond acceptors (Lipinski definition) is 6. The van der Waals surface area contributed by atoms with Crippen LogP contribution in [0.2, 0.25) is 5.02 Å². The van der Waals surface area contributed by atoms with E-state index in [1.54, 1.807) is 31.2 Å². The number of carbonyl (C=O) groups is 1. The maximum atomic E-state index is 13.8. The van der Waals surface area contributed by atoms with E-state index in [1.807, 2.05) is 32.9 Å². The minimum atomic E-state index is -1.52. The van der Waals surface area contributed by atoms with Gasteiger partial charge in [-0.25, -0.2) is 9.37 Å². The molecule has 7 nitrogen and oxygen atoms in total. The largest absolute Gasteiger partial charge is 0.493 e. The van der Waals surface area contributed by atoms with Gasteiger partial charge in [0, 0.05) is 24.2 Å². The van der Waals surface area contributed by atoms with Crippen molar-refractivity contribution < 1.29 is 28.9 Å². The molecule has 3 aromatic rings. The number of amides is 1. The molecule has 41 heavy (non-hydrogen) atoms. The average molecular weight is 589 g/mol. The number of aliphatic hydroxyl groups is 2. The van der Waals surface area contributed by atoms with Crippen LogP contribution >= 0.6 is 11.6 Å². The van der Waals surface area contributed by atoms with Crippen molar-refractivity contribution in [2.24, 2.45) is 0 Å². The maximum absolute atomic E-state index is 13.8. The molecule has 0 radical (unpaired) electrons. The lowest BCUT2D eigenvalue weighted by atomic mass is 9.84. The Morgan fingerprint density at radius 1 is 1.05 bits per heavy atom. The Morgan fingerprint density at radius 3 is 2.32 bits per heavy atom. The van der Waals surface area contributed by atoms with Crippen molar-refractivity contribution in [3.8, 4) is 22.8 Å². The molecule has 0 bridgehead atoms. The lowest BCUT2D eigenvalue weighted by Gasteiger charge is -2.27. The number of pyridine rings is 1. The second-order valence-electron chi connectivity index (χ2n) is 11.0. The van der Waals surface area contributed by atoms with Crippen LogP contribution in [-0.4, -0.2) is 48.0 Å². The van der Waals surface area contributed by atoms with E-state index in [2.05, 4.69) is 24.1 Å². The predicted octanol–water partition coefficient (Wildman–Crippen LogP) is 6.66. The van der Waals surface area contributed by atoms with Crippen LogP contribution in [0.5, 0.6) is 11.5 Å². The molecule has 0 saturated carbocycles. The first kappa shape index (κ1) is 34.0. The second-order valence-corrected chi connectivity index (χ2v) is 11.4. The predicted molar refractivity (Wildman–Crippen MR) is 161 cm³/mol. The molecule has 1 atom stereocenters. The number of nitrogens with one attached hydrogen (secondary N) is 1. The highest BCUT2D eigenvalue weighted by atomic mass is 35.5. The fraction of sp³-hybridized carbons (Fsp3) is 0.438. The minimum absolute atomic E-state index is 0.00931. The molecule has 9 heteroatoms. The van der Waals surface area contributed by atoms with E-state index < -0.39 is 17.3 Å². The summed E-state index contributed by atoms with van der Waals surface area (Å²) in [7, 11) is 1.47. The van der Waals surface area contributed by atoms with Gasteiger partial charge in [0.05, 0.1) is 36.7 Å². The standard InChI is InChI=1S/C29H34ClFN2O5.C3H8/c1-28(2,3)20-15-23(18-7-9-22(31)21(30)13-18)33-26(16-20)29(4,36)17-32-27(35)19-8-10-24(25(14-19)37-5)38-12-6-11-34;1-3-2/h7-10,13-16,34,36H,6,11-12,17H2,1-5H3,(H,32,35);3H2,1-2H3. The van der Waals surface area contributed by atoms with Gasteiger partial charge in [0.2, 0.25) is 0 Å². The smallest absolute Gasteiger partial charge is 0.251 e. The Balaban J connectivity index is 0.00000187. The highest BCUT2D eigenvalue weighted by Gasteiger charge is 2.29. The molecule has 0 spiro atoms. The normalized spacial score (nSPS) is 12.6. The van der Waals surface area contributed by atoms with Crippen molar-refractivity contribution in [3.05, 3.63) is 76.2 Å². The van der Waals surface area contributed by atoms with Crippen LogP contribution < -0.4 is 14.8 Å². The molecule has 224 valence electrons. The maximum Gasteiger partial charge on any atom is 0.251 e. The van der Waals surface area contributed by atoms with Crippen molar-refractivity contribution in [1.82, 2.24) is 10.3 Å². The summed E-state index contributed by atoms with van der Waals surface area (Å²) in [6.45, 7) is 12.1. The molecule has 3 N–H and O–H groups in total. The van der Waals surface area contributed by atoms with E-state index >= 15 is 0 Å². The number of ether oxygens (including phenoxy) is 2. The van der Waals surface area contributed by atoms with E-state index in [1.165, 1.54) is 25.7 Å². The summed E-state index contributed by atoms with van der Waals surface area (Å²) in [4.78, 5) is 17.6. The van der Waals surface area contributed by atoms with Crippen molar-refractivity contribution in [2.75, 3.05) is 26.9 Å². The monoisotopic (exact) mass is 588 g/mol. The fourth-order valence-electron chi connectivity index (χ4n) is 3.66. The van der Waals surface area contributed by atoms with Gasteiger partial charge in [0.15, 0.2) is 11.5 Å². The molecule has 1 aromatic heterocycles. The van der Waals surface area contributed by atoms with Crippen molar-refractivity contribution in [2.45, 2.75) is 65.4 Å². The first-order valence-electron chi connectivity index (χ1n) is 13.7. The number of aliphatic hydroxyl groups excluding tert-OH is 1. The lowest BCUT2D eigenvalue weighted by molar-refractivity contribution is 0.0489. The van der Waals surface area contributed by atoms with Crippen LogP contribution in [0.1, 0.15) is 76.0 Å². The molecule has 0 aliphatic carbocycles. The van der Waals surface area contributed by atoms with Gasteiger partial charge in [-0.2, -0.15) is 0 Å². The van der Waals surface area contributed by atoms with Crippen LogP contribution in [0.15, 0.2) is 48.5 Å². The third-order valence-electron chi connectivity index (χ3n) is 6.04. The average Bonchev–Trinajstić information content (AvgIpc) is 2.93. The van der Waals surface area contributed by atoms with Gasteiger partial charge in [-0.1, -0.05) is 52.6 Å². The molecule has 2 aromatic carbocycles. The number of rotatable bonds is 10. The van der Waals surface area contributed by atoms with Gasteiger partial charge in [-0.05, 0) is 66.4 Å². The molecular formula is C32H42ClFN2O5. The highest BCUT2D eigenvalue weighted by molar-refractivity contribution is 6.31. The zero-order chi connectivity index (χ0) is 30.8. The van der Waals surface area contributed by atoms with Crippen molar-refractivity contribution in [3.63, 3.8) is 0 Å². The zero-order valence-corrected chi connectivity index (χ0v) is 25.7. The van der Waals surface area contributed by atoms with Crippen LogP contribution in [-0.2, 0) is 11.0 Å². The molecule has 0 aliphatic rings. The van der Waals surface area contributed by atoms with E-state index in [-0.39, 0.29) is 23.6 Å². The van der Waals surface area contributed by atoms with Crippen LogP contribution in [0, 0.1) is 5.82 Å². The molecule has 1 amide bonds. The summed E-state index contributed by atoms with van der Waals surface area (Å²) >= 11 is 6.00. The first-order chi connectivity index (χ1) is 19.3. The summed E-state index contributed by atoms with van der Waals surface area (Å²) in [5, 5.41) is 23.1. The summed E-state index contributed by atoms with van der Waals surface area (Å²) in [5.74, 6) is -0.104. The Morgan fingerprint density at radius 2 is 1.73 bits per heavy atom. The Labute approximate surface area is 247 Å². The van der Waals surface area contributed by atoms with E-state index in [0.717, 1.165) is 5.56 Å². The van der Waals surface area contributed by atoms with Gasteiger partial charge < -0.3 is 25.0 Å². The first-order valence-corrected chi connectivity index (χ1v) is 14.1. The van der Waals surface area contributed by atoms with E-state index in [4.69, 9.17) is 26.2 Å². The zero-order valence-electron chi connectivity index (χ0n) is 25.0.